The molecule has 0 fully saturated rings. The summed E-state index contributed by atoms with van der Waals surface area (Å²) in [4.78, 5) is 32.1. The number of alkyl halides is 6. The number of anilines is 1. The van der Waals surface area contributed by atoms with Gasteiger partial charge >= 0.3 is 18.4 Å². The van der Waals surface area contributed by atoms with Gasteiger partial charge in [-0.1, -0.05) is 6.07 Å². The zero-order chi connectivity index (χ0) is 26.8. The van der Waals surface area contributed by atoms with Crippen LogP contribution in [0.1, 0.15) is 61.9 Å². The number of carbonyl (C=O) groups excluding carboxylic acids is 2. The van der Waals surface area contributed by atoms with Gasteiger partial charge in [-0.2, -0.15) is 26.3 Å². The molecule has 3 rings (SSSR count). The molecule has 0 bridgehead atoms. The molecule has 0 saturated carbocycles. The molecule has 36 heavy (non-hydrogen) atoms. The van der Waals surface area contributed by atoms with Crippen molar-refractivity contribution in [2.45, 2.75) is 64.7 Å². The van der Waals surface area contributed by atoms with Crippen molar-refractivity contribution < 1.29 is 40.7 Å². The van der Waals surface area contributed by atoms with Crippen LogP contribution in [0.2, 0.25) is 0 Å². The Morgan fingerprint density at radius 2 is 1.72 bits per heavy atom. The number of aromatic nitrogens is 1. The van der Waals surface area contributed by atoms with Crippen molar-refractivity contribution in [3.05, 3.63) is 58.8 Å². The van der Waals surface area contributed by atoms with Gasteiger partial charge in [0.25, 0.3) is 0 Å². The summed E-state index contributed by atoms with van der Waals surface area (Å²) >= 11 is 0. The number of nitrogens with zero attached hydrogens (tertiary/aromatic N) is 3. The van der Waals surface area contributed by atoms with E-state index in [1.165, 1.54) is 22.9 Å². The number of amides is 2. The van der Waals surface area contributed by atoms with Crippen molar-refractivity contribution in [2.75, 3.05) is 11.4 Å². The zero-order valence-corrected chi connectivity index (χ0v) is 19.8. The summed E-state index contributed by atoms with van der Waals surface area (Å²) in [5.41, 5.74) is -2.80. The van der Waals surface area contributed by atoms with Gasteiger partial charge in [-0.05, 0) is 56.5 Å². The van der Waals surface area contributed by atoms with Gasteiger partial charge in [0.15, 0.2) is 0 Å². The number of carbonyl (C=O) groups is 2. The van der Waals surface area contributed by atoms with Gasteiger partial charge in [-0.25, -0.2) is 9.78 Å². The molecule has 1 atom stereocenters. The smallest absolute Gasteiger partial charge is 0.416 e. The normalized spacial score (nSPS) is 16.4. The molecule has 0 N–H and O–H groups in total. The van der Waals surface area contributed by atoms with Crippen molar-refractivity contribution in [3.63, 3.8) is 0 Å². The second-order valence-electron chi connectivity index (χ2n) is 8.72. The van der Waals surface area contributed by atoms with Gasteiger partial charge in [-0.3, -0.25) is 9.69 Å². The van der Waals surface area contributed by atoms with E-state index in [9.17, 15) is 35.9 Å². The first kappa shape index (κ1) is 27.3. The highest BCUT2D eigenvalue weighted by atomic mass is 19.4. The third-order valence-electron chi connectivity index (χ3n) is 5.63. The Morgan fingerprint density at radius 1 is 1.11 bits per heavy atom. The third-order valence-corrected chi connectivity index (χ3v) is 5.63. The summed E-state index contributed by atoms with van der Waals surface area (Å²) in [6, 6.07) is 3.72. The summed E-state index contributed by atoms with van der Waals surface area (Å²) in [5.74, 6) is -0.337. The molecule has 2 aromatic rings. The summed E-state index contributed by atoms with van der Waals surface area (Å²) in [6.45, 7) is 4.25. The fourth-order valence-electron chi connectivity index (χ4n) is 4.11. The van der Waals surface area contributed by atoms with E-state index in [1.54, 1.807) is 26.0 Å². The lowest BCUT2D eigenvalue weighted by Crippen LogP contribution is -2.35. The largest absolute Gasteiger partial charge is 0.446 e. The predicted molar refractivity (Wildman–Crippen MR) is 118 cm³/mol. The molecule has 2 heterocycles. The molecule has 0 saturated heterocycles. The molecule has 0 aliphatic carbocycles. The minimum Gasteiger partial charge on any atom is -0.446 e. The number of benzene rings is 1. The Balaban J connectivity index is 2.04. The lowest BCUT2D eigenvalue weighted by Gasteiger charge is -2.32. The maximum atomic E-state index is 13.3. The fraction of sp³-hybridized carbons (Fsp3) is 0.458. The van der Waals surface area contributed by atoms with Crippen molar-refractivity contribution in [1.82, 2.24) is 9.88 Å². The second kappa shape index (κ2) is 10.4. The highest BCUT2D eigenvalue weighted by Gasteiger charge is 2.38. The van der Waals surface area contributed by atoms with E-state index in [-0.39, 0.29) is 24.0 Å². The topological polar surface area (TPSA) is 62.7 Å². The number of ether oxygens (including phenoxy) is 1. The first-order valence-corrected chi connectivity index (χ1v) is 11.2. The van der Waals surface area contributed by atoms with Crippen LogP contribution in [0.15, 0.2) is 36.5 Å². The molecule has 1 aromatic heterocycles. The maximum Gasteiger partial charge on any atom is 0.416 e. The van der Waals surface area contributed by atoms with E-state index >= 15 is 0 Å². The number of hydrogen-bond donors (Lipinski definition) is 0. The number of halogens is 6. The number of rotatable bonds is 4. The molecule has 1 aliphatic rings. The first-order chi connectivity index (χ1) is 16.7. The predicted octanol–water partition coefficient (Wildman–Crippen LogP) is 6.35. The number of hydrogen-bond acceptors (Lipinski definition) is 4. The second-order valence-corrected chi connectivity index (χ2v) is 8.72. The van der Waals surface area contributed by atoms with Gasteiger partial charge in [0, 0.05) is 31.8 Å². The average molecular weight is 517 g/mol. The Labute approximate surface area is 203 Å². The van der Waals surface area contributed by atoms with E-state index in [2.05, 4.69) is 4.98 Å². The maximum absolute atomic E-state index is 13.3. The Morgan fingerprint density at radius 3 is 2.25 bits per heavy atom. The van der Waals surface area contributed by atoms with Crippen molar-refractivity contribution >= 4 is 17.8 Å². The summed E-state index contributed by atoms with van der Waals surface area (Å²) in [7, 11) is 0. The van der Waals surface area contributed by atoms with Gasteiger partial charge in [-0.15, -0.1) is 0 Å². The minimum absolute atomic E-state index is 0.0463. The lowest BCUT2D eigenvalue weighted by molar-refractivity contribution is -0.143. The molecule has 1 unspecified atom stereocenters. The van der Waals surface area contributed by atoms with Crippen LogP contribution in [0.4, 0.5) is 37.0 Å². The summed E-state index contributed by atoms with van der Waals surface area (Å²) < 4.78 is 85.3. The van der Waals surface area contributed by atoms with Crippen LogP contribution >= 0.6 is 0 Å². The van der Waals surface area contributed by atoms with E-state index in [4.69, 9.17) is 4.74 Å². The summed E-state index contributed by atoms with van der Waals surface area (Å²) in [6.07, 6.45) is -8.94. The van der Waals surface area contributed by atoms with Crippen LogP contribution in [-0.4, -0.2) is 34.5 Å². The highest BCUT2D eigenvalue weighted by molar-refractivity contribution is 5.88. The number of fused-ring (bicyclic) bond motifs is 1. The monoisotopic (exact) mass is 517 g/mol. The van der Waals surface area contributed by atoms with Gasteiger partial charge in [0.1, 0.15) is 5.82 Å². The van der Waals surface area contributed by atoms with Crippen molar-refractivity contribution in [3.8, 4) is 0 Å². The van der Waals surface area contributed by atoms with Gasteiger partial charge in [0.2, 0.25) is 5.91 Å². The van der Waals surface area contributed by atoms with Crippen LogP contribution in [0.5, 0.6) is 0 Å². The Bertz CT molecular complexity index is 1080. The Hall–Kier alpha value is -3.31. The zero-order valence-electron chi connectivity index (χ0n) is 19.8. The molecular weight excluding hydrogens is 492 g/mol. The molecule has 12 heteroatoms. The SMILES string of the molecule is CC(=O)N(Cc1cc(C(F)(F)F)cc(C(F)(F)F)c1)C1CCCN(C(=O)OC(C)C)c2ncccc21. The van der Waals surface area contributed by atoms with Crippen molar-refractivity contribution in [2.24, 2.45) is 0 Å². The molecule has 6 nitrogen and oxygen atoms in total. The van der Waals surface area contributed by atoms with Gasteiger partial charge in [0.05, 0.1) is 23.3 Å². The van der Waals surface area contributed by atoms with Crippen LogP contribution in [0, 0.1) is 0 Å². The quantitative estimate of drug-likeness (QED) is 0.443. The minimum atomic E-state index is -5.01. The molecule has 0 radical (unpaired) electrons. The van der Waals surface area contributed by atoms with E-state index < -0.39 is 54.2 Å². The van der Waals surface area contributed by atoms with Crippen molar-refractivity contribution in [1.29, 1.82) is 0 Å². The molecule has 0 spiro atoms. The van der Waals surface area contributed by atoms with E-state index in [0.717, 1.165) is 0 Å². The standard InChI is InChI=1S/C24H25F6N3O3/c1-14(2)36-22(35)32-9-5-7-20(19-6-4-8-31-21(19)32)33(15(3)34)13-16-10-17(23(25,26)27)12-18(11-16)24(28,29)30/h4,6,8,10-12,14,20H,5,7,9,13H2,1-3H3. The highest BCUT2D eigenvalue weighted by Crippen LogP contribution is 2.39. The lowest BCUT2D eigenvalue weighted by atomic mass is 9.99. The molecule has 1 aromatic carbocycles. The molecule has 196 valence electrons. The molecular formula is C24H25F6N3O3. The summed E-state index contributed by atoms with van der Waals surface area (Å²) in [5, 5.41) is 0. The Kier molecular flexibility index (Phi) is 7.85. The first-order valence-electron chi connectivity index (χ1n) is 11.2. The molecule has 1 aliphatic heterocycles. The third kappa shape index (κ3) is 6.27. The van der Waals surface area contributed by atoms with Crippen LogP contribution in [-0.2, 0) is 28.4 Å². The van der Waals surface area contributed by atoms with E-state index in [0.29, 0.717) is 30.5 Å². The van der Waals surface area contributed by atoms with Crippen LogP contribution < -0.4 is 4.90 Å². The van der Waals surface area contributed by atoms with Crippen LogP contribution in [0.3, 0.4) is 0 Å². The average Bonchev–Trinajstić information content (AvgIpc) is 2.95. The van der Waals surface area contributed by atoms with Crippen LogP contribution in [0.25, 0.3) is 0 Å². The molecule has 2 amide bonds. The fourth-order valence-corrected chi connectivity index (χ4v) is 4.11. The number of pyridine rings is 1. The van der Waals surface area contributed by atoms with Gasteiger partial charge < -0.3 is 9.64 Å². The van der Waals surface area contributed by atoms with E-state index in [1.807, 2.05) is 0 Å².